The molecule has 4 rings (SSSR count). The normalized spacial score (nSPS) is 32.8. The van der Waals surface area contributed by atoms with Crippen molar-refractivity contribution in [1.82, 2.24) is 0 Å². The second kappa shape index (κ2) is 19.5. The van der Waals surface area contributed by atoms with Gasteiger partial charge in [0.05, 0.1) is 0 Å². The minimum Gasteiger partial charge on any atom is -0.462 e. The van der Waals surface area contributed by atoms with E-state index in [1.807, 2.05) is 0 Å². The summed E-state index contributed by atoms with van der Waals surface area (Å²) in [6, 6.07) is 0. The quantitative estimate of drug-likeness (QED) is 0.0693. The Hall–Kier alpha value is -1.05. The molecule has 276 valence electrons. The third-order valence-corrected chi connectivity index (χ3v) is 14.8. The number of esters is 1. The van der Waals surface area contributed by atoms with Gasteiger partial charge in [-0.3, -0.25) is 4.79 Å². The highest BCUT2D eigenvalue weighted by atomic mass is 16.5. The molecule has 0 aliphatic heterocycles. The van der Waals surface area contributed by atoms with Crippen molar-refractivity contribution in [3.05, 3.63) is 23.8 Å². The summed E-state index contributed by atoms with van der Waals surface area (Å²) in [7, 11) is 0. The smallest absolute Gasteiger partial charge is 0.306 e. The van der Waals surface area contributed by atoms with Gasteiger partial charge in [-0.25, -0.2) is 0 Å². The van der Waals surface area contributed by atoms with E-state index in [4.69, 9.17) is 4.74 Å². The Bertz CT molecular complexity index is 1010. The number of allylic oxidation sites excluding steroid dienone is 3. The maximum Gasteiger partial charge on any atom is 0.306 e. The Kier molecular flexibility index (Phi) is 16.2. The highest BCUT2D eigenvalue weighted by Crippen LogP contribution is 2.67. The largest absolute Gasteiger partial charge is 0.462 e. The Morgan fingerprint density at radius 3 is 1.98 bits per heavy atom. The second-order valence-electron chi connectivity index (χ2n) is 18.4. The van der Waals surface area contributed by atoms with Crippen LogP contribution in [0.2, 0.25) is 0 Å². The molecule has 0 amide bonds. The average Bonchev–Trinajstić information content (AvgIpc) is 3.42. The lowest BCUT2D eigenvalue weighted by molar-refractivity contribution is -0.151. The SMILES string of the molecule is CCCCCCCCCCCCCCCCCC(=O)OC1CCC2(C)C(=CCC3C2CCC2(C)C(C(C)/C=C/C(C)C(C)C)CCC32)C1. The van der Waals surface area contributed by atoms with Gasteiger partial charge in [0, 0.05) is 12.8 Å². The number of carbonyl (C=O) groups excluding carboxylic acids is 1. The molecule has 0 saturated heterocycles. The molecule has 48 heavy (non-hydrogen) atoms. The summed E-state index contributed by atoms with van der Waals surface area (Å²) >= 11 is 0. The van der Waals surface area contributed by atoms with Gasteiger partial charge in [-0.15, -0.1) is 0 Å². The summed E-state index contributed by atoms with van der Waals surface area (Å²) < 4.78 is 6.13. The van der Waals surface area contributed by atoms with E-state index in [9.17, 15) is 4.79 Å². The lowest BCUT2D eigenvalue weighted by Gasteiger charge is -2.58. The summed E-state index contributed by atoms with van der Waals surface area (Å²) in [5, 5.41) is 0. The number of unbranched alkanes of at least 4 members (excludes halogenated alkanes) is 14. The zero-order chi connectivity index (χ0) is 34.6. The molecule has 3 fully saturated rings. The molecule has 2 nitrogen and oxygen atoms in total. The van der Waals surface area contributed by atoms with Gasteiger partial charge in [-0.2, -0.15) is 0 Å². The molecular weight excluding hydrogens is 585 g/mol. The summed E-state index contributed by atoms with van der Waals surface area (Å²) in [5.74, 6) is 5.49. The molecular formula is C46H80O2. The molecule has 0 aromatic heterocycles. The summed E-state index contributed by atoms with van der Waals surface area (Å²) in [6.07, 6.45) is 38.9. The first-order chi connectivity index (χ1) is 23.1. The number of rotatable bonds is 21. The van der Waals surface area contributed by atoms with E-state index in [1.165, 1.54) is 128 Å². The maximum absolute atomic E-state index is 12.8. The van der Waals surface area contributed by atoms with E-state index in [0.717, 1.165) is 48.9 Å². The molecule has 0 aromatic rings. The molecule has 0 N–H and O–H groups in total. The minimum atomic E-state index is 0.0592. The highest BCUT2D eigenvalue weighted by Gasteiger charge is 2.59. The van der Waals surface area contributed by atoms with Gasteiger partial charge in [0.15, 0.2) is 0 Å². The second-order valence-corrected chi connectivity index (χ2v) is 18.4. The van der Waals surface area contributed by atoms with Crippen LogP contribution >= 0.6 is 0 Å². The Morgan fingerprint density at radius 1 is 0.771 bits per heavy atom. The minimum absolute atomic E-state index is 0.0592. The monoisotopic (exact) mass is 665 g/mol. The van der Waals surface area contributed by atoms with Crippen LogP contribution in [0.3, 0.4) is 0 Å². The van der Waals surface area contributed by atoms with Crippen LogP contribution in [-0.4, -0.2) is 12.1 Å². The number of hydrogen-bond acceptors (Lipinski definition) is 2. The zero-order valence-electron chi connectivity index (χ0n) is 33.1. The highest BCUT2D eigenvalue weighted by molar-refractivity contribution is 5.69. The fourth-order valence-corrected chi connectivity index (χ4v) is 11.2. The first-order valence-corrected chi connectivity index (χ1v) is 21.7. The number of hydrogen-bond donors (Lipinski definition) is 0. The van der Waals surface area contributed by atoms with E-state index in [1.54, 1.807) is 5.57 Å². The van der Waals surface area contributed by atoms with Crippen molar-refractivity contribution in [1.29, 1.82) is 0 Å². The Balaban J connectivity index is 1.12. The topological polar surface area (TPSA) is 26.3 Å². The lowest BCUT2D eigenvalue weighted by Crippen LogP contribution is -2.51. The molecule has 0 aromatic carbocycles. The third-order valence-electron chi connectivity index (χ3n) is 14.8. The molecule has 2 heteroatoms. The predicted molar refractivity (Wildman–Crippen MR) is 207 cm³/mol. The van der Waals surface area contributed by atoms with E-state index in [0.29, 0.717) is 29.1 Å². The van der Waals surface area contributed by atoms with Crippen molar-refractivity contribution < 1.29 is 9.53 Å². The molecule has 9 unspecified atom stereocenters. The van der Waals surface area contributed by atoms with Crippen molar-refractivity contribution in [2.24, 2.45) is 52.3 Å². The zero-order valence-corrected chi connectivity index (χ0v) is 33.1. The van der Waals surface area contributed by atoms with Gasteiger partial charge in [-0.1, -0.05) is 162 Å². The molecule has 4 aliphatic rings. The van der Waals surface area contributed by atoms with Crippen LogP contribution in [0.5, 0.6) is 0 Å². The lowest BCUT2D eigenvalue weighted by atomic mass is 9.47. The molecule has 3 saturated carbocycles. The fraction of sp³-hybridized carbons (Fsp3) is 0.891. The van der Waals surface area contributed by atoms with Crippen molar-refractivity contribution >= 4 is 5.97 Å². The van der Waals surface area contributed by atoms with E-state index in [-0.39, 0.29) is 12.1 Å². The fourth-order valence-electron chi connectivity index (χ4n) is 11.2. The van der Waals surface area contributed by atoms with E-state index >= 15 is 0 Å². The molecule has 0 radical (unpaired) electrons. The molecule has 4 aliphatic carbocycles. The van der Waals surface area contributed by atoms with E-state index < -0.39 is 0 Å². The molecule has 9 atom stereocenters. The average molecular weight is 665 g/mol. The van der Waals surface area contributed by atoms with Crippen LogP contribution in [-0.2, 0) is 9.53 Å². The van der Waals surface area contributed by atoms with Crippen LogP contribution in [0.25, 0.3) is 0 Å². The van der Waals surface area contributed by atoms with Crippen LogP contribution in [0, 0.1) is 52.3 Å². The van der Waals surface area contributed by atoms with Gasteiger partial charge in [0.25, 0.3) is 0 Å². The van der Waals surface area contributed by atoms with Gasteiger partial charge in [0.1, 0.15) is 6.10 Å². The number of fused-ring (bicyclic) bond motifs is 5. The standard InChI is InChI=1S/C46H80O2/c1-8-9-10-11-12-13-14-15-16-17-18-19-20-21-22-23-44(47)48-39-30-32-45(6)38(34-39)26-27-40-42-29-28-41(46(42,7)33-31-43(40)45)37(5)25-24-36(4)35(2)3/h24-26,35-37,39-43H,8-23,27-34H2,1-7H3/b25-24+. The number of carbonyl (C=O) groups is 1. The molecule has 0 heterocycles. The van der Waals surface area contributed by atoms with Crippen molar-refractivity contribution in [3.8, 4) is 0 Å². The first-order valence-electron chi connectivity index (χ1n) is 21.7. The van der Waals surface area contributed by atoms with Crippen molar-refractivity contribution in [2.45, 2.75) is 209 Å². The van der Waals surface area contributed by atoms with Crippen LogP contribution in [0.4, 0.5) is 0 Å². The van der Waals surface area contributed by atoms with E-state index in [2.05, 4.69) is 66.7 Å². The molecule has 0 bridgehead atoms. The summed E-state index contributed by atoms with van der Waals surface area (Å²) in [5.41, 5.74) is 2.45. The van der Waals surface area contributed by atoms with Crippen LogP contribution in [0.1, 0.15) is 203 Å². The summed E-state index contributed by atoms with van der Waals surface area (Å²) in [4.78, 5) is 12.8. The van der Waals surface area contributed by atoms with Gasteiger partial charge in [0.2, 0.25) is 0 Å². The Morgan fingerprint density at radius 2 is 1.38 bits per heavy atom. The van der Waals surface area contributed by atoms with Gasteiger partial charge in [-0.05, 0) is 104 Å². The first kappa shape index (κ1) is 39.7. The van der Waals surface area contributed by atoms with Crippen LogP contribution < -0.4 is 0 Å². The number of ether oxygens (including phenoxy) is 1. The van der Waals surface area contributed by atoms with Gasteiger partial charge < -0.3 is 4.74 Å². The predicted octanol–water partition coefficient (Wildman–Crippen LogP) is 14.2. The third kappa shape index (κ3) is 10.5. The Labute approximate surface area is 299 Å². The molecule has 0 spiro atoms. The maximum atomic E-state index is 12.8. The summed E-state index contributed by atoms with van der Waals surface area (Å²) in [6.45, 7) is 17.1. The van der Waals surface area contributed by atoms with Crippen molar-refractivity contribution in [2.75, 3.05) is 0 Å². The van der Waals surface area contributed by atoms with Crippen molar-refractivity contribution in [3.63, 3.8) is 0 Å². The van der Waals surface area contributed by atoms with Crippen LogP contribution in [0.15, 0.2) is 23.8 Å². The van der Waals surface area contributed by atoms with Gasteiger partial charge >= 0.3 is 5.97 Å².